The van der Waals surface area contributed by atoms with Crippen molar-refractivity contribution in [3.8, 4) is 5.75 Å². The quantitative estimate of drug-likeness (QED) is 0.0403. The van der Waals surface area contributed by atoms with Gasteiger partial charge < -0.3 is 34.1 Å². The summed E-state index contributed by atoms with van der Waals surface area (Å²) in [6.07, 6.45) is 2.22. The molecule has 3 amide bonds. The summed E-state index contributed by atoms with van der Waals surface area (Å²) in [5.74, 6) is -2.42. The normalized spacial score (nSPS) is 10.9. The van der Waals surface area contributed by atoms with E-state index in [-0.39, 0.29) is 45.5 Å². The Bertz CT molecular complexity index is 1870. The Balaban J connectivity index is 1.59. The number of phosphoric acid groups is 1. The van der Waals surface area contributed by atoms with Crippen LogP contribution in [0, 0.1) is 19.3 Å². The van der Waals surface area contributed by atoms with E-state index in [1.54, 1.807) is 19.9 Å². The van der Waals surface area contributed by atoms with Gasteiger partial charge in [0.05, 0.1) is 22.5 Å². The number of ether oxygens (including phenoxy) is 2. The standard InChI is InChI=1S/C30H31N6O11P/c1-4-12-32-28(38)22-15-33-25(18(22)3)26(31)36(23-14-20(6-5-17(23)2)27(37)34-24-11-13-46-35-24)30(40)45-16-44-29(39)19-7-9-21(10-8-19)47-48(41,42)43/h5-11,13-15,31,33H,4,12,16H2,1-3H3,(H,32,38)(H,34,35,37)(H2,41,42,43). The molecule has 0 atom stereocenters. The Morgan fingerprint density at radius 2 is 1.73 bits per heavy atom. The van der Waals surface area contributed by atoms with Crippen molar-refractivity contribution >= 4 is 49.0 Å². The number of hydrogen-bond donors (Lipinski definition) is 6. The lowest BCUT2D eigenvalue weighted by molar-refractivity contribution is 0.0000872. The molecule has 0 fully saturated rings. The molecule has 0 unspecified atom stereocenters. The average molecular weight is 683 g/mol. The van der Waals surface area contributed by atoms with Crippen molar-refractivity contribution in [3.63, 3.8) is 0 Å². The molecule has 252 valence electrons. The number of rotatable bonds is 12. The number of hydrogen-bond acceptors (Lipinski definition) is 11. The van der Waals surface area contributed by atoms with E-state index in [0.717, 1.165) is 17.0 Å². The number of aromatic amines is 1. The lowest BCUT2D eigenvalue weighted by Crippen LogP contribution is -2.39. The van der Waals surface area contributed by atoms with Crippen molar-refractivity contribution in [2.75, 3.05) is 23.6 Å². The van der Waals surface area contributed by atoms with Crippen LogP contribution in [0.5, 0.6) is 5.75 Å². The van der Waals surface area contributed by atoms with E-state index in [0.29, 0.717) is 24.1 Å². The molecule has 2 heterocycles. The molecule has 4 rings (SSSR count). The number of H-pyrrole nitrogens is 1. The third kappa shape index (κ3) is 8.73. The third-order valence-electron chi connectivity index (χ3n) is 6.64. The molecule has 0 aliphatic heterocycles. The lowest BCUT2D eigenvalue weighted by Gasteiger charge is -2.24. The maximum Gasteiger partial charge on any atom is 0.524 e. The Morgan fingerprint density at radius 1 is 1.02 bits per heavy atom. The van der Waals surface area contributed by atoms with E-state index in [2.05, 4.69) is 25.3 Å². The van der Waals surface area contributed by atoms with Crippen molar-refractivity contribution in [1.82, 2.24) is 15.5 Å². The Hall–Kier alpha value is -5.77. The highest BCUT2D eigenvalue weighted by molar-refractivity contribution is 7.46. The second-order valence-electron chi connectivity index (χ2n) is 10.0. The Kier molecular flexibility index (Phi) is 11.1. The first-order chi connectivity index (χ1) is 22.8. The second-order valence-corrected chi connectivity index (χ2v) is 11.2. The van der Waals surface area contributed by atoms with Gasteiger partial charge in [0.1, 0.15) is 12.0 Å². The summed E-state index contributed by atoms with van der Waals surface area (Å²) < 4.78 is 30.5. The van der Waals surface area contributed by atoms with Gasteiger partial charge in [0.25, 0.3) is 11.8 Å². The third-order valence-corrected chi connectivity index (χ3v) is 7.09. The highest BCUT2D eigenvalue weighted by Crippen LogP contribution is 2.37. The summed E-state index contributed by atoms with van der Waals surface area (Å²) >= 11 is 0. The molecule has 0 saturated heterocycles. The van der Waals surface area contributed by atoms with Crippen LogP contribution in [0.1, 0.15) is 61.2 Å². The number of amides is 3. The fraction of sp³-hybridized carbons (Fsp3) is 0.200. The van der Waals surface area contributed by atoms with Crippen molar-refractivity contribution in [3.05, 3.63) is 94.5 Å². The van der Waals surface area contributed by atoms with E-state index in [1.807, 2.05) is 6.92 Å². The maximum absolute atomic E-state index is 13.6. The summed E-state index contributed by atoms with van der Waals surface area (Å²) in [6.45, 7) is 4.66. The monoisotopic (exact) mass is 682 g/mol. The number of nitrogens with one attached hydrogen (secondary N) is 4. The molecule has 4 aromatic rings. The molecule has 0 aliphatic carbocycles. The lowest BCUT2D eigenvalue weighted by atomic mass is 10.1. The number of benzene rings is 2. The first kappa shape index (κ1) is 35.1. The molecule has 0 radical (unpaired) electrons. The summed E-state index contributed by atoms with van der Waals surface area (Å²) in [4.78, 5) is 73.3. The van der Waals surface area contributed by atoms with E-state index < -0.39 is 38.4 Å². The molecule has 0 bridgehead atoms. The molecule has 0 saturated carbocycles. The van der Waals surface area contributed by atoms with Crippen molar-refractivity contribution in [2.45, 2.75) is 27.2 Å². The van der Waals surface area contributed by atoms with Gasteiger partial charge in [0.15, 0.2) is 11.7 Å². The van der Waals surface area contributed by atoms with Crippen molar-refractivity contribution in [2.24, 2.45) is 0 Å². The molecule has 0 spiro atoms. The zero-order valence-electron chi connectivity index (χ0n) is 25.8. The van der Waals surface area contributed by atoms with E-state index in [9.17, 15) is 23.7 Å². The minimum atomic E-state index is -4.80. The van der Waals surface area contributed by atoms with Gasteiger partial charge in [-0.25, -0.2) is 19.1 Å². The summed E-state index contributed by atoms with van der Waals surface area (Å²) in [5, 5.41) is 18.0. The number of phosphoric ester groups is 1. The molecule has 17 nitrogen and oxygen atoms in total. The van der Waals surface area contributed by atoms with Crippen LogP contribution in [0.15, 0.2) is 65.5 Å². The highest BCUT2D eigenvalue weighted by atomic mass is 31.2. The number of nitrogens with zero attached hydrogens (tertiary/aromatic N) is 2. The predicted octanol–water partition coefficient (Wildman–Crippen LogP) is 4.27. The molecular formula is C30H31N6O11P. The molecule has 6 N–H and O–H groups in total. The van der Waals surface area contributed by atoms with E-state index in [1.165, 1.54) is 42.8 Å². The minimum Gasteiger partial charge on any atom is -0.424 e. The number of amidine groups is 1. The van der Waals surface area contributed by atoms with Gasteiger partial charge in [-0.05, 0) is 67.8 Å². The fourth-order valence-electron chi connectivity index (χ4n) is 4.26. The second kappa shape index (κ2) is 15.2. The van der Waals surface area contributed by atoms with Gasteiger partial charge in [-0.3, -0.25) is 24.8 Å². The van der Waals surface area contributed by atoms with Gasteiger partial charge in [-0.1, -0.05) is 18.1 Å². The molecular weight excluding hydrogens is 651 g/mol. The fourth-order valence-corrected chi connectivity index (χ4v) is 4.66. The van der Waals surface area contributed by atoms with Crippen LogP contribution in [0.2, 0.25) is 0 Å². The topological polar surface area (TPSA) is 246 Å². The predicted molar refractivity (Wildman–Crippen MR) is 169 cm³/mol. The van der Waals surface area contributed by atoms with E-state index >= 15 is 0 Å². The van der Waals surface area contributed by atoms with Crippen LogP contribution in [-0.2, 0) is 14.0 Å². The highest BCUT2D eigenvalue weighted by Gasteiger charge is 2.29. The SMILES string of the molecule is CCCNC(=O)c1c[nH]c(C(=N)N(C(=O)OCOC(=O)c2ccc(OP(=O)(O)O)cc2)c2cc(C(=O)Nc3ccon3)ccc2C)c1C. The van der Waals surface area contributed by atoms with Gasteiger partial charge in [-0.15, -0.1) is 0 Å². The first-order valence-electron chi connectivity index (χ1n) is 14.2. The molecule has 2 aromatic carbocycles. The number of aromatic nitrogens is 2. The van der Waals surface area contributed by atoms with E-state index in [4.69, 9.17) is 29.2 Å². The van der Waals surface area contributed by atoms with Gasteiger partial charge in [-0.2, -0.15) is 0 Å². The number of carbonyl (C=O) groups excluding carboxylic acids is 4. The molecule has 48 heavy (non-hydrogen) atoms. The average Bonchev–Trinajstić information content (AvgIpc) is 3.69. The molecule has 0 aliphatic rings. The number of esters is 1. The largest absolute Gasteiger partial charge is 0.524 e. The van der Waals surface area contributed by atoms with Crippen molar-refractivity contribution < 1.29 is 52.1 Å². The maximum atomic E-state index is 13.6. The van der Waals surface area contributed by atoms with Gasteiger partial charge >= 0.3 is 19.9 Å². The van der Waals surface area contributed by atoms with Gasteiger partial charge in [0, 0.05) is 24.4 Å². The van der Waals surface area contributed by atoms with Crippen LogP contribution >= 0.6 is 7.82 Å². The zero-order chi connectivity index (χ0) is 35.0. The van der Waals surface area contributed by atoms with Crippen LogP contribution < -0.4 is 20.1 Å². The van der Waals surface area contributed by atoms with Crippen LogP contribution in [0.3, 0.4) is 0 Å². The van der Waals surface area contributed by atoms with Crippen molar-refractivity contribution in [1.29, 1.82) is 5.41 Å². The van der Waals surface area contributed by atoms with Crippen LogP contribution in [0.25, 0.3) is 0 Å². The minimum absolute atomic E-state index is 0.0498. The number of carbonyl (C=O) groups is 4. The molecule has 18 heteroatoms. The zero-order valence-corrected chi connectivity index (χ0v) is 26.7. The summed E-state index contributed by atoms with van der Waals surface area (Å²) in [6, 6.07) is 10.4. The number of anilines is 2. The summed E-state index contributed by atoms with van der Waals surface area (Å²) in [5.41, 5.74) is 1.27. The van der Waals surface area contributed by atoms with Crippen LogP contribution in [-0.4, -0.2) is 63.0 Å². The van der Waals surface area contributed by atoms with Crippen LogP contribution in [0.4, 0.5) is 16.3 Å². The Morgan fingerprint density at radius 3 is 2.38 bits per heavy atom. The Labute approximate surface area is 272 Å². The number of aryl methyl sites for hydroxylation is 1. The smallest absolute Gasteiger partial charge is 0.424 e. The first-order valence-corrected chi connectivity index (χ1v) is 15.7. The molecule has 2 aromatic heterocycles. The summed E-state index contributed by atoms with van der Waals surface area (Å²) in [7, 11) is -4.80. The van der Waals surface area contributed by atoms with Gasteiger partial charge in [0.2, 0.25) is 6.79 Å².